The molecule has 0 spiro atoms. The number of Topliss-reactive ketones (excluding diaryl/α,β-unsaturated/α-hetero) is 1. The minimum Gasteiger partial charge on any atom is -0.303 e. The Kier molecular flexibility index (Phi) is 2.37. The maximum atomic E-state index is 11.2. The predicted molar refractivity (Wildman–Crippen MR) is 45.7 cm³/mol. The zero-order valence-electron chi connectivity index (χ0n) is 6.79. The molecule has 0 aliphatic carbocycles. The molecule has 0 aromatic rings. The maximum Gasteiger partial charge on any atom is 0.145 e. The third kappa shape index (κ3) is 2.06. The molecule has 1 rings (SSSR count). The molecule has 1 heterocycles. The van der Waals surface area contributed by atoms with Gasteiger partial charge in [-0.15, -0.1) is 0 Å². The third-order valence-corrected chi connectivity index (χ3v) is 3.28. The topological polar surface area (TPSA) is 34.1 Å². The van der Waals surface area contributed by atoms with Crippen LogP contribution in [0, 0.1) is 5.92 Å². The fraction of sp³-hybridized carbons (Fsp3) is 0.750. The van der Waals surface area contributed by atoms with Crippen LogP contribution in [0.5, 0.6) is 0 Å². The van der Waals surface area contributed by atoms with Gasteiger partial charge < -0.3 is 4.79 Å². The van der Waals surface area contributed by atoms with Gasteiger partial charge in [0.1, 0.15) is 12.1 Å². The van der Waals surface area contributed by atoms with Crippen molar-refractivity contribution in [2.24, 2.45) is 5.92 Å². The highest BCUT2D eigenvalue weighted by Gasteiger charge is 2.33. The Morgan fingerprint density at radius 3 is 2.73 bits per heavy atom. The summed E-state index contributed by atoms with van der Waals surface area (Å²) in [5.74, 6) is 0.423. The van der Waals surface area contributed by atoms with Crippen molar-refractivity contribution in [2.75, 3.05) is 5.75 Å². The van der Waals surface area contributed by atoms with Gasteiger partial charge in [-0.1, -0.05) is 13.8 Å². The molecule has 1 fully saturated rings. The van der Waals surface area contributed by atoms with Crippen LogP contribution in [0.4, 0.5) is 0 Å². The maximum absolute atomic E-state index is 11.2. The van der Waals surface area contributed by atoms with Crippen molar-refractivity contribution in [3.05, 3.63) is 0 Å². The highest BCUT2D eigenvalue weighted by Crippen LogP contribution is 2.35. The van der Waals surface area contributed by atoms with Gasteiger partial charge >= 0.3 is 0 Å². The third-order valence-electron chi connectivity index (χ3n) is 1.83. The second kappa shape index (κ2) is 2.97. The summed E-state index contributed by atoms with van der Waals surface area (Å²) in [5, 5.41) is 0. The van der Waals surface area contributed by atoms with Crippen molar-refractivity contribution < 1.29 is 9.59 Å². The SMILES string of the molecule is CC1(C)CC(=O)C(C=O)CS1. The molecule has 3 heteroatoms. The lowest BCUT2D eigenvalue weighted by Gasteiger charge is -2.30. The Morgan fingerprint density at radius 1 is 1.64 bits per heavy atom. The molecular weight excluding hydrogens is 160 g/mol. The van der Waals surface area contributed by atoms with E-state index in [1.807, 2.05) is 13.8 Å². The summed E-state index contributed by atoms with van der Waals surface area (Å²) in [6.45, 7) is 4.08. The van der Waals surface area contributed by atoms with Crippen LogP contribution in [0.2, 0.25) is 0 Å². The number of hydrogen-bond donors (Lipinski definition) is 0. The summed E-state index contributed by atoms with van der Waals surface area (Å²) in [6.07, 6.45) is 1.30. The average molecular weight is 172 g/mol. The van der Waals surface area contributed by atoms with Crippen LogP contribution in [0.3, 0.4) is 0 Å². The molecule has 0 amide bonds. The van der Waals surface area contributed by atoms with E-state index in [0.717, 1.165) is 6.29 Å². The molecule has 0 bridgehead atoms. The molecule has 1 aliphatic heterocycles. The summed E-state index contributed by atoms with van der Waals surface area (Å²) in [7, 11) is 0. The number of thioether (sulfide) groups is 1. The number of aldehydes is 1. The molecule has 0 radical (unpaired) electrons. The summed E-state index contributed by atoms with van der Waals surface area (Å²) >= 11 is 1.70. The van der Waals surface area contributed by atoms with Gasteiger partial charge in [-0.25, -0.2) is 0 Å². The minimum atomic E-state index is -0.340. The van der Waals surface area contributed by atoms with Crippen molar-refractivity contribution in [3.63, 3.8) is 0 Å². The molecule has 0 aromatic carbocycles. The Balaban J connectivity index is 2.62. The first-order valence-corrected chi connectivity index (χ1v) is 4.66. The summed E-state index contributed by atoms with van der Waals surface area (Å²) in [5.41, 5.74) is 0. The van der Waals surface area contributed by atoms with Crippen LogP contribution in [0.25, 0.3) is 0 Å². The van der Waals surface area contributed by atoms with Crippen LogP contribution in [-0.4, -0.2) is 22.6 Å². The van der Waals surface area contributed by atoms with Crippen LogP contribution < -0.4 is 0 Å². The molecule has 0 aromatic heterocycles. The van der Waals surface area contributed by atoms with Gasteiger partial charge in [0.15, 0.2) is 0 Å². The van der Waals surface area contributed by atoms with Gasteiger partial charge in [0.2, 0.25) is 0 Å². The lowest BCUT2D eigenvalue weighted by Crippen LogP contribution is -2.34. The fourth-order valence-corrected chi connectivity index (χ4v) is 2.26. The monoisotopic (exact) mass is 172 g/mol. The highest BCUT2D eigenvalue weighted by molar-refractivity contribution is 8.00. The zero-order valence-corrected chi connectivity index (χ0v) is 7.61. The molecule has 2 nitrogen and oxygen atoms in total. The minimum absolute atomic E-state index is 0.0383. The number of ketones is 1. The van der Waals surface area contributed by atoms with Crippen LogP contribution in [0.1, 0.15) is 20.3 Å². The van der Waals surface area contributed by atoms with Crippen LogP contribution in [-0.2, 0) is 9.59 Å². The molecule has 11 heavy (non-hydrogen) atoms. The number of hydrogen-bond acceptors (Lipinski definition) is 3. The quantitative estimate of drug-likeness (QED) is 0.441. The molecule has 1 atom stereocenters. The van der Waals surface area contributed by atoms with Crippen molar-refractivity contribution in [1.82, 2.24) is 0 Å². The lowest BCUT2D eigenvalue weighted by atomic mass is 9.97. The van der Waals surface area contributed by atoms with E-state index >= 15 is 0 Å². The Hall–Kier alpha value is -0.310. The van der Waals surface area contributed by atoms with Crippen molar-refractivity contribution >= 4 is 23.8 Å². The van der Waals surface area contributed by atoms with E-state index in [1.165, 1.54) is 0 Å². The van der Waals surface area contributed by atoms with Gasteiger partial charge in [0.05, 0.1) is 5.92 Å². The molecule has 0 saturated carbocycles. The molecule has 0 N–H and O–H groups in total. The van der Waals surface area contributed by atoms with Crippen molar-refractivity contribution in [2.45, 2.75) is 25.0 Å². The first-order valence-electron chi connectivity index (χ1n) is 3.67. The highest BCUT2D eigenvalue weighted by atomic mass is 32.2. The van der Waals surface area contributed by atoms with Gasteiger partial charge in [-0.05, 0) is 0 Å². The second-order valence-corrected chi connectivity index (χ2v) is 5.18. The van der Waals surface area contributed by atoms with E-state index in [2.05, 4.69) is 0 Å². The van der Waals surface area contributed by atoms with E-state index in [-0.39, 0.29) is 16.4 Å². The molecule has 1 saturated heterocycles. The normalized spacial score (nSPS) is 30.0. The molecule has 1 aliphatic rings. The first kappa shape index (κ1) is 8.78. The second-order valence-electron chi connectivity index (χ2n) is 3.46. The Labute approximate surface area is 70.7 Å². The smallest absolute Gasteiger partial charge is 0.145 e. The van der Waals surface area contributed by atoms with Crippen LogP contribution in [0.15, 0.2) is 0 Å². The van der Waals surface area contributed by atoms with E-state index in [0.29, 0.717) is 12.2 Å². The number of rotatable bonds is 1. The van der Waals surface area contributed by atoms with E-state index in [1.54, 1.807) is 11.8 Å². The largest absolute Gasteiger partial charge is 0.303 e. The number of carbonyl (C=O) groups is 2. The van der Waals surface area contributed by atoms with Crippen molar-refractivity contribution in [3.8, 4) is 0 Å². The summed E-state index contributed by atoms with van der Waals surface area (Å²) in [6, 6.07) is 0. The predicted octanol–water partition coefficient (Wildman–Crippen LogP) is 1.29. The molecule has 1 unspecified atom stereocenters. The lowest BCUT2D eigenvalue weighted by molar-refractivity contribution is -0.127. The summed E-state index contributed by atoms with van der Waals surface area (Å²) in [4.78, 5) is 21.5. The zero-order chi connectivity index (χ0) is 8.48. The van der Waals surface area contributed by atoms with Crippen LogP contribution >= 0.6 is 11.8 Å². The summed E-state index contributed by atoms with van der Waals surface area (Å²) < 4.78 is 0.0383. The Morgan fingerprint density at radius 2 is 2.27 bits per heavy atom. The fourth-order valence-electron chi connectivity index (χ4n) is 1.13. The van der Waals surface area contributed by atoms with Gasteiger partial charge in [0, 0.05) is 16.9 Å². The Bertz CT molecular complexity index is 187. The number of carbonyl (C=O) groups excluding carboxylic acids is 2. The molecular formula is C8H12O2S. The van der Waals surface area contributed by atoms with E-state index in [4.69, 9.17) is 0 Å². The van der Waals surface area contributed by atoms with E-state index in [9.17, 15) is 9.59 Å². The molecule has 62 valence electrons. The first-order chi connectivity index (χ1) is 5.05. The standard InChI is InChI=1S/C8H12O2S/c1-8(2)3-7(10)6(4-9)5-11-8/h4,6H,3,5H2,1-2H3. The van der Waals surface area contributed by atoms with Gasteiger partial charge in [0.25, 0.3) is 0 Å². The van der Waals surface area contributed by atoms with Gasteiger partial charge in [-0.2, -0.15) is 11.8 Å². The van der Waals surface area contributed by atoms with E-state index < -0.39 is 0 Å². The average Bonchev–Trinajstić information content (AvgIpc) is 1.86. The van der Waals surface area contributed by atoms with Crippen molar-refractivity contribution in [1.29, 1.82) is 0 Å². The van der Waals surface area contributed by atoms with Gasteiger partial charge in [-0.3, -0.25) is 4.79 Å².